The maximum atomic E-state index is 12.2. The number of Topliss-reactive ketones (excluding diaryl/α,β-unsaturated/α-hetero) is 1. The molecule has 2 rings (SSSR count). The Morgan fingerprint density at radius 1 is 0.958 bits per heavy atom. The monoisotopic (exact) mass is 328 g/mol. The fourth-order valence-electron chi connectivity index (χ4n) is 2.18. The zero-order valence-corrected chi connectivity index (χ0v) is 13.8. The van der Waals surface area contributed by atoms with E-state index >= 15 is 0 Å². The fraction of sp³-hybridized carbons (Fsp3) is 0.263. The van der Waals surface area contributed by atoms with E-state index in [-0.39, 0.29) is 18.6 Å². The van der Waals surface area contributed by atoms with Crippen LogP contribution in [0.3, 0.4) is 0 Å². The summed E-state index contributed by atoms with van der Waals surface area (Å²) < 4.78 is 15.5. The second-order valence-electron chi connectivity index (χ2n) is 5.14. The summed E-state index contributed by atoms with van der Waals surface area (Å²) in [5, 5.41) is 0. The molecule has 0 saturated carbocycles. The van der Waals surface area contributed by atoms with Crippen molar-refractivity contribution in [3.63, 3.8) is 0 Å². The highest BCUT2D eigenvalue weighted by Gasteiger charge is 2.15. The Bertz CT molecular complexity index is 694. The molecule has 5 heteroatoms. The Balaban J connectivity index is 2.04. The third-order valence-electron chi connectivity index (χ3n) is 3.51. The number of carbonyl (C=O) groups is 2. The van der Waals surface area contributed by atoms with E-state index in [1.165, 1.54) is 14.2 Å². The van der Waals surface area contributed by atoms with Gasteiger partial charge in [-0.1, -0.05) is 30.3 Å². The van der Waals surface area contributed by atoms with Crippen LogP contribution in [0.4, 0.5) is 0 Å². The lowest BCUT2D eigenvalue weighted by molar-refractivity contribution is -0.140. The van der Waals surface area contributed by atoms with Crippen molar-refractivity contribution in [2.75, 3.05) is 14.2 Å². The lowest BCUT2D eigenvalue weighted by Crippen LogP contribution is -2.07. The first-order valence-corrected chi connectivity index (χ1v) is 7.59. The first kappa shape index (κ1) is 17.5. The maximum absolute atomic E-state index is 12.2. The molecule has 0 aromatic heterocycles. The Labute approximate surface area is 141 Å². The molecular formula is C19H20O5. The van der Waals surface area contributed by atoms with Crippen LogP contribution in [0.2, 0.25) is 0 Å². The molecule has 0 heterocycles. The number of hydrogen-bond donors (Lipinski definition) is 0. The van der Waals surface area contributed by atoms with Gasteiger partial charge in [-0.05, 0) is 17.7 Å². The summed E-state index contributed by atoms with van der Waals surface area (Å²) in [7, 11) is 2.79. The number of carbonyl (C=O) groups excluding carboxylic acids is 2. The molecule has 0 aliphatic rings. The molecule has 0 fully saturated rings. The first-order valence-electron chi connectivity index (χ1n) is 7.59. The number of rotatable bonds is 8. The van der Waals surface area contributed by atoms with Gasteiger partial charge < -0.3 is 14.2 Å². The van der Waals surface area contributed by atoms with E-state index in [0.717, 1.165) is 5.56 Å². The summed E-state index contributed by atoms with van der Waals surface area (Å²) in [5.41, 5.74) is 1.48. The molecule has 0 N–H and O–H groups in total. The van der Waals surface area contributed by atoms with Crippen LogP contribution in [0.25, 0.3) is 0 Å². The molecule has 126 valence electrons. The Kier molecular flexibility index (Phi) is 6.37. The molecule has 0 aliphatic heterocycles. The Morgan fingerprint density at radius 3 is 2.38 bits per heavy atom. The molecule has 0 radical (unpaired) electrons. The van der Waals surface area contributed by atoms with Crippen molar-refractivity contribution in [2.45, 2.75) is 19.4 Å². The topological polar surface area (TPSA) is 61.8 Å². The van der Waals surface area contributed by atoms with Gasteiger partial charge in [-0.15, -0.1) is 0 Å². The predicted molar refractivity (Wildman–Crippen MR) is 89.3 cm³/mol. The normalized spacial score (nSPS) is 10.1. The van der Waals surface area contributed by atoms with E-state index in [1.807, 2.05) is 30.3 Å². The maximum Gasteiger partial charge on any atom is 0.305 e. The number of methoxy groups -OCH3 is 2. The standard InChI is InChI=1S/C19H20O5/c1-22-18-12-15(24-13-14-6-4-3-5-7-14)8-9-16(18)17(20)10-11-19(21)23-2/h3-9,12H,10-11,13H2,1-2H3. The van der Waals surface area contributed by atoms with Crippen LogP contribution in [0.1, 0.15) is 28.8 Å². The van der Waals surface area contributed by atoms with Crippen molar-refractivity contribution in [3.05, 3.63) is 59.7 Å². The summed E-state index contributed by atoms with van der Waals surface area (Å²) in [6, 6.07) is 14.8. The summed E-state index contributed by atoms with van der Waals surface area (Å²) in [6.07, 6.45) is 0.123. The van der Waals surface area contributed by atoms with Gasteiger partial charge in [-0.25, -0.2) is 0 Å². The van der Waals surface area contributed by atoms with Crippen molar-refractivity contribution in [2.24, 2.45) is 0 Å². The minimum atomic E-state index is -0.412. The minimum Gasteiger partial charge on any atom is -0.496 e. The Hall–Kier alpha value is -2.82. The van der Waals surface area contributed by atoms with Gasteiger partial charge in [0.2, 0.25) is 0 Å². The highest BCUT2D eigenvalue weighted by atomic mass is 16.5. The molecule has 0 bridgehead atoms. The number of ether oxygens (including phenoxy) is 3. The molecule has 0 atom stereocenters. The van der Waals surface area contributed by atoms with E-state index in [4.69, 9.17) is 9.47 Å². The van der Waals surface area contributed by atoms with Crippen LogP contribution >= 0.6 is 0 Å². The average Bonchev–Trinajstić information content (AvgIpc) is 2.64. The smallest absolute Gasteiger partial charge is 0.305 e. The second-order valence-corrected chi connectivity index (χ2v) is 5.14. The minimum absolute atomic E-state index is 0.0464. The molecule has 0 aliphatic carbocycles. The van der Waals surface area contributed by atoms with Crippen LogP contribution in [0.15, 0.2) is 48.5 Å². The highest BCUT2D eigenvalue weighted by Crippen LogP contribution is 2.26. The van der Waals surface area contributed by atoms with Crippen molar-refractivity contribution < 1.29 is 23.8 Å². The number of benzene rings is 2. The average molecular weight is 328 g/mol. The molecule has 0 spiro atoms. The van der Waals surface area contributed by atoms with Crippen LogP contribution in [0.5, 0.6) is 11.5 Å². The van der Waals surface area contributed by atoms with E-state index in [0.29, 0.717) is 23.7 Å². The van der Waals surface area contributed by atoms with Crippen LogP contribution in [-0.2, 0) is 16.1 Å². The van der Waals surface area contributed by atoms with E-state index < -0.39 is 5.97 Å². The van der Waals surface area contributed by atoms with Crippen molar-refractivity contribution >= 4 is 11.8 Å². The van der Waals surface area contributed by atoms with Crippen LogP contribution in [-0.4, -0.2) is 26.0 Å². The summed E-state index contributed by atoms with van der Waals surface area (Å²) in [5.74, 6) is 0.452. The van der Waals surface area contributed by atoms with Gasteiger partial charge in [0.05, 0.1) is 26.2 Å². The zero-order valence-electron chi connectivity index (χ0n) is 13.8. The summed E-state index contributed by atoms with van der Waals surface area (Å²) >= 11 is 0. The van der Waals surface area contributed by atoms with E-state index in [9.17, 15) is 9.59 Å². The van der Waals surface area contributed by atoms with Crippen molar-refractivity contribution in [1.29, 1.82) is 0 Å². The summed E-state index contributed by atoms with van der Waals surface area (Å²) in [6.45, 7) is 0.430. The van der Waals surface area contributed by atoms with Gasteiger partial charge >= 0.3 is 5.97 Å². The van der Waals surface area contributed by atoms with Gasteiger partial charge in [-0.3, -0.25) is 9.59 Å². The van der Waals surface area contributed by atoms with Gasteiger partial charge in [0.15, 0.2) is 5.78 Å². The number of ketones is 1. The van der Waals surface area contributed by atoms with E-state index in [2.05, 4.69) is 4.74 Å². The number of hydrogen-bond acceptors (Lipinski definition) is 5. The van der Waals surface area contributed by atoms with Crippen molar-refractivity contribution in [3.8, 4) is 11.5 Å². The summed E-state index contributed by atoms with van der Waals surface area (Å²) in [4.78, 5) is 23.4. The third kappa shape index (κ3) is 4.84. The molecule has 2 aromatic rings. The van der Waals surface area contributed by atoms with Crippen LogP contribution < -0.4 is 9.47 Å². The molecule has 0 unspecified atom stereocenters. The quantitative estimate of drug-likeness (QED) is 0.549. The molecule has 0 amide bonds. The molecule has 0 saturated heterocycles. The molecule has 2 aromatic carbocycles. The zero-order chi connectivity index (χ0) is 17.4. The SMILES string of the molecule is COC(=O)CCC(=O)c1ccc(OCc2ccccc2)cc1OC. The second kappa shape index (κ2) is 8.72. The molecule has 24 heavy (non-hydrogen) atoms. The van der Waals surface area contributed by atoms with Gasteiger partial charge in [0, 0.05) is 12.5 Å². The molecule has 5 nitrogen and oxygen atoms in total. The molecular weight excluding hydrogens is 308 g/mol. The van der Waals surface area contributed by atoms with E-state index in [1.54, 1.807) is 18.2 Å². The lowest BCUT2D eigenvalue weighted by Gasteiger charge is -2.11. The third-order valence-corrected chi connectivity index (χ3v) is 3.51. The fourth-order valence-corrected chi connectivity index (χ4v) is 2.18. The highest BCUT2D eigenvalue weighted by molar-refractivity contribution is 6.00. The van der Waals surface area contributed by atoms with Crippen molar-refractivity contribution in [1.82, 2.24) is 0 Å². The van der Waals surface area contributed by atoms with Gasteiger partial charge in [0.1, 0.15) is 18.1 Å². The lowest BCUT2D eigenvalue weighted by atomic mass is 10.1. The largest absolute Gasteiger partial charge is 0.496 e. The number of esters is 1. The Morgan fingerprint density at radius 2 is 1.71 bits per heavy atom. The predicted octanol–water partition coefficient (Wildman–Crippen LogP) is 3.41. The first-order chi connectivity index (χ1) is 11.6. The van der Waals surface area contributed by atoms with Gasteiger partial charge in [0.25, 0.3) is 0 Å². The van der Waals surface area contributed by atoms with Crippen LogP contribution in [0, 0.1) is 0 Å². The van der Waals surface area contributed by atoms with Gasteiger partial charge in [-0.2, -0.15) is 0 Å².